The average molecular weight is 368 g/mol. The van der Waals surface area contributed by atoms with E-state index >= 15 is 0 Å². The molecule has 0 saturated carbocycles. The van der Waals surface area contributed by atoms with Crippen LogP contribution >= 0.6 is 0 Å². The molecule has 0 aliphatic rings. The van der Waals surface area contributed by atoms with Gasteiger partial charge in [-0.05, 0) is 60.0 Å². The lowest BCUT2D eigenvalue weighted by Crippen LogP contribution is -2.23. The summed E-state index contributed by atoms with van der Waals surface area (Å²) >= 11 is 0. The van der Waals surface area contributed by atoms with Gasteiger partial charge in [0.25, 0.3) is 11.5 Å². The van der Waals surface area contributed by atoms with Crippen LogP contribution in [0.2, 0.25) is 0 Å². The van der Waals surface area contributed by atoms with Crippen LogP contribution in [0.4, 0.5) is 5.69 Å². The molecule has 0 fully saturated rings. The quantitative estimate of drug-likeness (QED) is 0.531. The topological polar surface area (TPSA) is 62.0 Å². The van der Waals surface area contributed by atoms with Gasteiger partial charge in [-0.2, -0.15) is 0 Å². The molecule has 0 atom stereocenters. The van der Waals surface area contributed by atoms with Crippen molar-refractivity contribution in [1.82, 2.24) is 4.98 Å². The van der Waals surface area contributed by atoms with Crippen LogP contribution in [0.15, 0.2) is 77.6 Å². The van der Waals surface area contributed by atoms with E-state index in [1.807, 2.05) is 74.5 Å². The summed E-state index contributed by atoms with van der Waals surface area (Å²) in [5, 5.41) is 5.05. The first kappa shape index (κ1) is 17.7. The van der Waals surface area contributed by atoms with E-state index in [0.717, 1.165) is 27.5 Å². The molecule has 4 heteroatoms. The highest BCUT2D eigenvalue weighted by atomic mass is 16.2. The smallest absolute Gasteiger partial charge is 0.261 e. The van der Waals surface area contributed by atoms with Crippen molar-refractivity contribution in [2.24, 2.45) is 0 Å². The first-order chi connectivity index (χ1) is 13.5. The van der Waals surface area contributed by atoms with Crippen LogP contribution in [0.5, 0.6) is 0 Å². The van der Waals surface area contributed by atoms with E-state index in [4.69, 9.17) is 0 Å². The minimum atomic E-state index is -0.418. The van der Waals surface area contributed by atoms with E-state index in [1.165, 1.54) is 0 Å². The summed E-state index contributed by atoms with van der Waals surface area (Å²) in [6.45, 7) is 3.92. The van der Waals surface area contributed by atoms with Gasteiger partial charge in [0.05, 0.1) is 0 Å². The number of rotatable bonds is 3. The maximum atomic E-state index is 12.6. The van der Waals surface area contributed by atoms with E-state index < -0.39 is 11.5 Å². The van der Waals surface area contributed by atoms with Crippen LogP contribution in [0.1, 0.15) is 21.5 Å². The Bertz CT molecular complexity index is 1250. The highest BCUT2D eigenvalue weighted by Crippen LogP contribution is 2.23. The molecule has 2 N–H and O–H groups in total. The van der Waals surface area contributed by atoms with Crippen molar-refractivity contribution >= 4 is 22.4 Å². The molecule has 0 aliphatic heterocycles. The number of hydrogen-bond acceptors (Lipinski definition) is 2. The van der Waals surface area contributed by atoms with Gasteiger partial charge in [-0.3, -0.25) is 9.59 Å². The van der Waals surface area contributed by atoms with Crippen molar-refractivity contribution in [2.75, 3.05) is 5.32 Å². The van der Waals surface area contributed by atoms with Gasteiger partial charge in [-0.1, -0.05) is 54.1 Å². The number of H-pyrrole nitrogens is 1. The molecular weight excluding hydrogens is 348 g/mol. The van der Waals surface area contributed by atoms with Crippen molar-refractivity contribution in [3.05, 3.63) is 99.8 Å². The van der Waals surface area contributed by atoms with Crippen molar-refractivity contribution in [2.45, 2.75) is 13.8 Å². The Hall–Kier alpha value is -3.66. The van der Waals surface area contributed by atoms with Crippen molar-refractivity contribution < 1.29 is 4.79 Å². The molecular formula is C24H20N2O2. The molecule has 4 aromatic rings. The summed E-state index contributed by atoms with van der Waals surface area (Å²) in [6.07, 6.45) is 0. The second-order valence-corrected chi connectivity index (χ2v) is 6.95. The minimum absolute atomic E-state index is 0.0875. The van der Waals surface area contributed by atoms with E-state index in [1.54, 1.807) is 12.1 Å². The zero-order chi connectivity index (χ0) is 19.7. The highest BCUT2D eigenvalue weighted by molar-refractivity contribution is 6.04. The van der Waals surface area contributed by atoms with Crippen molar-refractivity contribution in [3.63, 3.8) is 0 Å². The number of hydrogen-bond donors (Lipinski definition) is 2. The molecule has 0 saturated heterocycles. The Labute approximate surface area is 162 Å². The molecule has 0 aliphatic carbocycles. The maximum Gasteiger partial charge on any atom is 0.261 e. The number of fused-ring (bicyclic) bond motifs is 1. The number of nitrogens with one attached hydrogen (secondary N) is 2. The first-order valence-electron chi connectivity index (χ1n) is 9.12. The van der Waals surface area contributed by atoms with Gasteiger partial charge in [0.1, 0.15) is 5.56 Å². The van der Waals surface area contributed by atoms with Gasteiger partial charge in [0, 0.05) is 11.4 Å². The Morgan fingerprint density at radius 1 is 0.857 bits per heavy atom. The third kappa shape index (κ3) is 3.45. The lowest BCUT2D eigenvalue weighted by Gasteiger charge is -2.09. The lowest BCUT2D eigenvalue weighted by atomic mass is 10.0. The molecule has 4 nitrogen and oxygen atoms in total. The fourth-order valence-corrected chi connectivity index (χ4v) is 3.32. The van der Waals surface area contributed by atoms with Gasteiger partial charge < -0.3 is 10.3 Å². The highest BCUT2D eigenvalue weighted by Gasteiger charge is 2.13. The Morgan fingerprint density at radius 3 is 2.39 bits per heavy atom. The normalized spacial score (nSPS) is 10.8. The molecule has 0 spiro atoms. The third-order valence-corrected chi connectivity index (χ3v) is 4.84. The molecule has 138 valence electrons. The van der Waals surface area contributed by atoms with Crippen LogP contribution in [0.25, 0.3) is 22.0 Å². The number of amides is 1. The molecule has 1 amide bonds. The number of benzene rings is 3. The number of aromatic amines is 1. The number of pyridine rings is 1. The summed E-state index contributed by atoms with van der Waals surface area (Å²) < 4.78 is 0. The second-order valence-electron chi connectivity index (χ2n) is 6.95. The molecule has 0 unspecified atom stereocenters. The van der Waals surface area contributed by atoms with Crippen LogP contribution in [0, 0.1) is 13.8 Å². The van der Waals surface area contributed by atoms with E-state index in [-0.39, 0.29) is 5.56 Å². The molecule has 0 bridgehead atoms. The van der Waals surface area contributed by atoms with Crippen LogP contribution in [0.3, 0.4) is 0 Å². The number of aromatic nitrogens is 1. The van der Waals surface area contributed by atoms with Gasteiger partial charge >= 0.3 is 0 Å². The molecule has 28 heavy (non-hydrogen) atoms. The average Bonchev–Trinajstić information content (AvgIpc) is 2.69. The Kier molecular flexibility index (Phi) is 4.53. The first-order valence-corrected chi connectivity index (χ1v) is 9.12. The van der Waals surface area contributed by atoms with E-state index in [0.29, 0.717) is 11.4 Å². The SMILES string of the molecule is Cc1ccc(NC(=O)c2ccc(-c3ccc4ccccc4c3)[nH]c2=O)c(C)c1. The van der Waals surface area contributed by atoms with E-state index in [2.05, 4.69) is 10.3 Å². The van der Waals surface area contributed by atoms with Gasteiger partial charge in [0.2, 0.25) is 0 Å². The summed E-state index contributed by atoms with van der Waals surface area (Å²) in [5.74, 6) is -0.418. The number of carbonyl (C=O) groups excluding carboxylic acids is 1. The third-order valence-electron chi connectivity index (χ3n) is 4.84. The molecule has 3 aromatic carbocycles. The second kappa shape index (κ2) is 7.16. The summed E-state index contributed by atoms with van der Waals surface area (Å²) in [4.78, 5) is 27.9. The Morgan fingerprint density at radius 2 is 1.64 bits per heavy atom. The lowest BCUT2D eigenvalue weighted by molar-refractivity contribution is 0.102. The monoisotopic (exact) mass is 368 g/mol. The number of carbonyl (C=O) groups is 1. The summed E-state index contributed by atoms with van der Waals surface area (Å²) in [5.41, 5.74) is 4.03. The summed E-state index contributed by atoms with van der Waals surface area (Å²) in [7, 11) is 0. The molecule has 0 radical (unpaired) electrons. The Balaban J connectivity index is 1.63. The number of aryl methyl sites for hydroxylation is 2. The maximum absolute atomic E-state index is 12.6. The van der Waals surface area contributed by atoms with Crippen LogP contribution < -0.4 is 10.9 Å². The van der Waals surface area contributed by atoms with Crippen LogP contribution in [-0.4, -0.2) is 10.9 Å². The fourth-order valence-electron chi connectivity index (χ4n) is 3.32. The fraction of sp³-hybridized carbons (Fsp3) is 0.0833. The molecule has 4 rings (SSSR count). The number of anilines is 1. The van der Waals surface area contributed by atoms with Gasteiger partial charge in [0.15, 0.2) is 0 Å². The van der Waals surface area contributed by atoms with Crippen molar-refractivity contribution in [1.29, 1.82) is 0 Å². The standard InChI is InChI=1S/C24H20N2O2/c1-15-7-11-21(16(2)13-15)25-23(27)20-10-12-22(26-24(20)28)19-9-8-17-5-3-4-6-18(17)14-19/h3-14H,1-2H3,(H,25,27)(H,26,28). The van der Waals surface area contributed by atoms with Crippen molar-refractivity contribution in [3.8, 4) is 11.3 Å². The van der Waals surface area contributed by atoms with Gasteiger partial charge in [-0.25, -0.2) is 0 Å². The minimum Gasteiger partial charge on any atom is -0.322 e. The van der Waals surface area contributed by atoms with E-state index in [9.17, 15) is 9.59 Å². The van der Waals surface area contributed by atoms with Gasteiger partial charge in [-0.15, -0.1) is 0 Å². The predicted octanol–water partition coefficient (Wildman–Crippen LogP) is 5.06. The molecule has 1 aromatic heterocycles. The molecule has 1 heterocycles. The zero-order valence-electron chi connectivity index (χ0n) is 15.7. The van der Waals surface area contributed by atoms with Crippen LogP contribution in [-0.2, 0) is 0 Å². The largest absolute Gasteiger partial charge is 0.322 e. The zero-order valence-corrected chi connectivity index (χ0v) is 15.7. The predicted molar refractivity (Wildman–Crippen MR) is 114 cm³/mol. The summed E-state index contributed by atoms with van der Waals surface area (Å²) in [6, 6.07) is 23.2.